The van der Waals surface area contributed by atoms with Crippen LogP contribution in [0, 0.1) is 24.5 Å². The second-order valence-electron chi connectivity index (χ2n) is 12.1. The Balaban J connectivity index is 1.12. The van der Waals surface area contributed by atoms with Crippen molar-refractivity contribution in [3.63, 3.8) is 0 Å². The Bertz CT molecular complexity index is 1890. The first-order valence-corrected chi connectivity index (χ1v) is 16.6. The van der Waals surface area contributed by atoms with E-state index in [0.29, 0.717) is 42.2 Å². The van der Waals surface area contributed by atoms with E-state index >= 15 is 4.39 Å². The normalized spacial score (nSPS) is 15.9. The van der Waals surface area contributed by atoms with Crippen molar-refractivity contribution in [2.75, 3.05) is 57.3 Å². The maximum absolute atomic E-state index is 16.3. The number of pyridine rings is 1. The lowest BCUT2D eigenvalue weighted by atomic mass is 10.0. The van der Waals surface area contributed by atoms with E-state index in [2.05, 4.69) is 15.9 Å². The number of aryl methyl sites for hydroxylation is 1. The van der Waals surface area contributed by atoms with Crippen molar-refractivity contribution in [1.29, 1.82) is 0 Å². The smallest absolute Gasteiger partial charge is 0.236 e. The summed E-state index contributed by atoms with van der Waals surface area (Å²) in [6.45, 7) is 8.74. The number of aromatic nitrogens is 3. The van der Waals surface area contributed by atoms with Crippen LogP contribution in [0.3, 0.4) is 0 Å². The van der Waals surface area contributed by atoms with Gasteiger partial charge in [0.25, 0.3) is 0 Å². The second kappa shape index (κ2) is 12.5. The van der Waals surface area contributed by atoms with Crippen LogP contribution in [0.25, 0.3) is 38.7 Å². The van der Waals surface area contributed by atoms with Gasteiger partial charge in [-0.05, 0) is 61.4 Å². The SMILES string of the molecule is CCc1nc2ccc(N3CCN(CC(=O)N4CC(CO)C4)CC3)cn2c1-c1ccc(-c2nc(-c3ccc(F)cc3)cs2)c(C)c1F. The van der Waals surface area contributed by atoms with E-state index < -0.39 is 0 Å². The zero-order valence-corrected chi connectivity index (χ0v) is 26.7. The molecule has 2 fully saturated rings. The minimum absolute atomic E-state index is 0.126. The molecular formula is C35H36F2N6O2S. The summed E-state index contributed by atoms with van der Waals surface area (Å²) in [6.07, 6.45) is 2.70. The molecule has 11 heteroatoms. The van der Waals surface area contributed by atoms with Gasteiger partial charge in [-0.15, -0.1) is 11.3 Å². The highest BCUT2D eigenvalue weighted by Crippen LogP contribution is 2.37. The summed E-state index contributed by atoms with van der Waals surface area (Å²) in [4.78, 5) is 28.5. The van der Waals surface area contributed by atoms with Crippen molar-refractivity contribution in [1.82, 2.24) is 24.2 Å². The number of fused-ring (bicyclic) bond motifs is 1. The molecule has 2 aliphatic heterocycles. The Labute approximate surface area is 270 Å². The largest absolute Gasteiger partial charge is 0.396 e. The molecule has 8 nitrogen and oxygen atoms in total. The number of halogens is 2. The van der Waals surface area contributed by atoms with E-state index in [-0.39, 0.29) is 30.1 Å². The average Bonchev–Trinajstić information content (AvgIpc) is 3.67. The van der Waals surface area contributed by atoms with Gasteiger partial charge in [-0.2, -0.15) is 0 Å². The minimum atomic E-state index is -0.302. The van der Waals surface area contributed by atoms with Gasteiger partial charge in [-0.3, -0.25) is 14.1 Å². The third kappa shape index (κ3) is 5.67. The van der Waals surface area contributed by atoms with Gasteiger partial charge >= 0.3 is 0 Å². The third-order valence-electron chi connectivity index (χ3n) is 9.19. The first-order chi connectivity index (χ1) is 22.3. The number of amides is 1. The molecule has 0 aliphatic carbocycles. The van der Waals surface area contributed by atoms with Crippen molar-refractivity contribution in [2.24, 2.45) is 5.92 Å². The molecule has 5 aromatic rings. The molecular weight excluding hydrogens is 606 g/mol. The zero-order chi connectivity index (χ0) is 31.9. The van der Waals surface area contributed by atoms with Gasteiger partial charge in [0.1, 0.15) is 22.3 Å². The summed E-state index contributed by atoms with van der Waals surface area (Å²) in [6, 6.07) is 14.0. The minimum Gasteiger partial charge on any atom is -0.396 e. The van der Waals surface area contributed by atoms with E-state index in [1.54, 1.807) is 19.1 Å². The first kappa shape index (κ1) is 30.5. The quantitative estimate of drug-likeness (QED) is 0.241. The van der Waals surface area contributed by atoms with Crippen molar-refractivity contribution < 1.29 is 18.7 Å². The lowest BCUT2D eigenvalue weighted by Crippen LogP contribution is -2.56. The number of carbonyl (C=O) groups is 1. The molecule has 0 spiro atoms. The number of piperazine rings is 1. The molecule has 2 aliphatic rings. The number of likely N-dealkylation sites (tertiary alicyclic amines) is 1. The number of hydrogen-bond donors (Lipinski definition) is 1. The summed E-state index contributed by atoms with van der Waals surface area (Å²) in [7, 11) is 0. The number of aliphatic hydroxyl groups excluding tert-OH is 1. The number of carbonyl (C=O) groups excluding carboxylic acids is 1. The highest BCUT2D eigenvalue weighted by atomic mass is 32.1. The van der Waals surface area contributed by atoms with Gasteiger partial charge < -0.3 is 14.9 Å². The van der Waals surface area contributed by atoms with Crippen LogP contribution in [0.15, 0.2) is 60.1 Å². The number of anilines is 1. The van der Waals surface area contributed by atoms with Crippen molar-refractivity contribution in [2.45, 2.75) is 20.3 Å². The van der Waals surface area contributed by atoms with E-state index in [1.165, 1.54) is 23.5 Å². The highest BCUT2D eigenvalue weighted by molar-refractivity contribution is 7.13. The number of hydrogen-bond acceptors (Lipinski definition) is 7. The van der Waals surface area contributed by atoms with Crippen LogP contribution in [0.1, 0.15) is 18.2 Å². The topological polar surface area (TPSA) is 77.2 Å². The Morgan fingerprint density at radius 2 is 1.72 bits per heavy atom. The van der Waals surface area contributed by atoms with Crippen molar-refractivity contribution in [3.05, 3.63) is 83.0 Å². The lowest BCUT2D eigenvalue weighted by molar-refractivity contribution is -0.139. The molecule has 1 N–H and O–H groups in total. The number of imidazole rings is 1. The number of thiazole rings is 1. The predicted molar refractivity (Wildman–Crippen MR) is 177 cm³/mol. The van der Waals surface area contributed by atoms with Crippen molar-refractivity contribution in [3.8, 4) is 33.1 Å². The summed E-state index contributed by atoms with van der Waals surface area (Å²) in [5.74, 6) is -0.261. The molecule has 46 heavy (non-hydrogen) atoms. The molecule has 5 heterocycles. The molecule has 7 rings (SSSR count). The van der Waals surface area contributed by atoms with Gasteiger partial charge in [-0.1, -0.05) is 13.0 Å². The van der Waals surface area contributed by atoms with Crippen LogP contribution >= 0.6 is 11.3 Å². The Hall–Kier alpha value is -4.19. The van der Waals surface area contributed by atoms with Crippen LogP contribution in [-0.4, -0.2) is 87.6 Å². The third-order valence-corrected chi connectivity index (χ3v) is 10.1. The van der Waals surface area contributed by atoms with E-state index in [1.807, 2.05) is 46.0 Å². The maximum Gasteiger partial charge on any atom is 0.236 e. The molecule has 238 valence electrons. The van der Waals surface area contributed by atoms with Crippen LogP contribution in [0.5, 0.6) is 0 Å². The average molecular weight is 643 g/mol. The fourth-order valence-electron chi connectivity index (χ4n) is 6.40. The van der Waals surface area contributed by atoms with Gasteiger partial charge in [0, 0.05) is 80.1 Å². The number of rotatable bonds is 8. The van der Waals surface area contributed by atoms with Crippen LogP contribution in [-0.2, 0) is 11.2 Å². The van der Waals surface area contributed by atoms with Gasteiger partial charge in [0.15, 0.2) is 0 Å². The zero-order valence-electron chi connectivity index (χ0n) is 25.9. The molecule has 3 aromatic heterocycles. The summed E-state index contributed by atoms with van der Waals surface area (Å²) in [5.41, 5.74) is 6.64. The lowest BCUT2D eigenvalue weighted by Gasteiger charge is -2.41. The molecule has 0 radical (unpaired) electrons. The predicted octanol–water partition coefficient (Wildman–Crippen LogP) is 5.51. The molecule has 0 saturated carbocycles. The fourth-order valence-corrected chi connectivity index (χ4v) is 7.31. The standard InChI is InChI=1S/C35H36F2N6O2S/c1-3-29-34(28-10-9-27(22(2)33(28)37)35-39-30(21-46-35)24-4-6-25(36)7-5-24)43-18-26(8-11-31(43)38-29)41-14-12-40(13-15-41)19-32(45)42-16-23(17-42)20-44/h4-11,18,21,23,44H,3,12-17,19-20H2,1-2H3. The molecule has 0 bridgehead atoms. The van der Waals surface area contributed by atoms with Crippen LogP contribution < -0.4 is 4.90 Å². The first-order valence-electron chi connectivity index (χ1n) is 15.7. The van der Waals surface area contributed by atoms with Crippen molar-refractivity contribution >= 4 is 28.6 Å². The Kier molecular flexibility index (Phi) is 8.31. The summed E-state index contributed by atoms with van der Waals surface area (Å²) < 4.78 is 31.7. The Morgan fingerprint density at radius 3 is 2.43 bits per heavy atom. The van der Waals surface area contributed by atoms with Crippen LogP contribution in [0.4, 0.5) is 14.5 Å². The molecule has 1 amide bonds. The summed E-state index contributed by atoms with van der Waals surface area (Å²) >= 11 is 1.44. The van der Waals surface area contributed by atoms with Gasteiger partial charge in [0.05, 0.1) is 29.3 Å². The highest BCUT2D eigenvalue weighted by Gasteiger charge is 2.31. The number of benzene rings is 2. The molecule has 0 atom stereocenters. The molecule has 0 unspecified atom stereocenters. The molecule has 2 saturated heterocycles. The maximum atomic E-state index is 16.3. The van der Waals surface area contributed by atoms with Gasteiger partial charge in [0.2, 0.25) is 5.91 Å². The molecule has 2 aromatic carbocycles. The fraction of sp³-hybridized carbons (Fsp3) is 0.343. The number of aliphatic hydroxyl groups is 1. The second-order valence-corrected chi connectivity index (χ2v) is 13.0. The van der Waals surface area contributed by atoms with E-state index in [0.717, 1.165) is 65.7 Å². The summed E-state index contributed by atoms with van der Waals surface area (Å²) in [5, 5.41) is 11.9. The Morgan fingerprint density at radius 1 is 0.978 bits per heavy atom. The monoisotopic (exact) mass is 642 g/mol. The van der Waals surface area contributed by atoms with Crippen LogP contribution in [0.2, 0.25) is 0 Å². The van der Waals surface area contributed by atoms with E-state index in [9.17, 15) is 14.3 Å². The van der Waals surface area contributed by atoms with E-state index in [4.69, 9.17) is 9.97 Å². The number of nitrogens with zero attached hydrogens (tertiary/aromatic N) is 6. The van der Waals surface area contributed by atoms with Gasteiger partial charge in [-0.25, -0.2) is 18.7 Å².